The van der Waals surface area contributed by atoms with E-state index in [0.717, 1.165) is 18.2 Å². The topological polar surface area (TPSA) is 96.7 Å². The van der Waals surface area contributed by atoms with Crippen molar-refractivity contribution in [2.24, 2.45) is 0 Å². The SMILES string of the molecule is O=C(NCC1(c2nn[nH]n2)CC1)c1coc2ccccc12. The molecule has 1 aliphatic carbocycles. The Bertz CT molecular complexity index is 789. The van der Waals surface area contributed by atoms with Gasteiger partial charge in [-0.3, -0.25) is 4.79 Å². The minimum atomic E-state index is -0.164. The minimum Gasteiger partial charge on any atom is -0.463 e. The molecule has 0 aliphatic heterocycles. The largest absolute Gasteiger partial charge is 0.463 e. The van der Waals surface area contributed by atoms with Crippen molar-refractivity contribution in [3.63, 3.8) is 0 Å². The fourth-order valence-corrected chi connectivity index (χ4v) is 2.52. The van der Waals surface area contributed by atoms with Gasteiger partial charge in [0.15, 0.2) is 5.82 Å². The molecule has 2 heterocycles. The lowest BCUT2D eigenvalue weighted by Gasteiger charge is -2.11. The number of fused-ring (bicyclic) bond motifs is 1. The van der Waals surface area contributed by atoms with E-state index in [1.165, 1.54) is 6.26 Å². The summed E-state index contributed by atoms with van der Waals surface area (Å²) in [4.78, 5) is 12.3. The van der Waals surface area contributed by atoms with Gasteiger partial charge in [0.2, 0.25) is 0 Å². The first-order chi connectivity index (χ1) is 10.3. The van der Waals surface area contributed by atoms with E-state index < -0.39 is 0 Å². The van der Waals surface area contributed by atoms with Gasteiger partial charge in [-0.2, -0.15) is 5.21 Å². The molecule has 4 rings (SSSR count). The number of carbonyl (C=O) groups is 1. The monoisotopic (exact) mass is 283 g/mol. The second-order valence-corrected chi connectivity index (χ2v) is 5.34. The van der Waals surface area contributed by atoms with Crippen LogP contribution in [0.2, 0.25) is 0 Å². The fraction of sp³-hybridized carbons (Fsp3) is 0.286. The molecule has 1 fully saturated rings. The number of furan rings is 1. The molecule has 1 aromatic carbocycles. The van der Waals surface area contributed by atoms with E-state index in [1.54, 1.807) is 0 Å². The Labute approximate surface area is 119 Å². The zero-order valence-corrected chi connectivity index (χ0v) is 11.2. The average molecular weight is 283 g/mol. The zero-order valence-electron chi connectivity index (χ0n) is 11.2. The van der Waals surface area contributed by atoms with Crippen LogP contribution in [0.1, 0.15) is 29.0 Å². The number of amides is 1. The maximum absolute atomic E-state index is 12.3. The Morgan fingerprint density at radius 3 is 3.00 bits per heavy atom. The Balaban J connectivity index is 1.52. The number of nitrogens with one attached hydrogen (secondary N) is 2. The highest BCUT2D eigenvalue weighted by atomic mass is 16.3. The van der Waals surface area contributed by atoms with Crippen molar-refractivity contribution in [2.45, 2.75) is 18.3 Å². The van der Waals surface area contributed by atoms with Crippen molar-refractivity contribution >= 4 is 16.9 Å². The first kappa shape index (κ1) is 12.1. The van der Waals surface area contributed by atoms with Crippen molar-refractivity contribution in [3.8, 4) is 0 Å². The van der Waals surface area contributed by atoms with Gasteiger partial charge in [0.05, 0.1) is 11.0 Å². The van der Waals surface area contributed by atoms with E-state index >= 15 is 0 Å². The van der Waals surface area contributed by atoms with Gasteiger partial charge in [-0.15, -0.1) is 10.2 Å². The Morgan fingerprint density at radius 1 is 1.38 bits per heavy atom. The smallest absolute Gasteiger partial charge is 0.255 e. The molecule has 0 spiro atoms. The van der Waals surface area contributed by atoms with E-state index in [-0.39, 0.29) is 11.3 Å². The third-order valence-electron chi connectivity index (χ3n) is 3.99. The molecule has 0 bridgehead atoms. The summed E-state index contributed by atoms with van der Waals surface area (Å²) in [6.45, 7) is 0.505. The minimum absolute atomic E-state index is 0.144. The number of aromatic nitrogens is 4. The number of hydrogen-bond donors (Lipinski definition) is 2. The van der Waals surface area contributed by atoms with Crippen LogP contribution in [0, 0.1) is 0 Å². The van der Waals surface area contributed by atoms with Crippen LogP contribution in [0.5, 0.6) is 0 Å². The lowest BCUT2D eigenvalue weighted by molar-refractivity contribution is 0.0950. The second-order valence-electron chi connectivity index (χ2n) is 5.34. The molecule has 3 aromatic rings. The van der Waals surface area contributed by atoms with Crippen LogP contribution in [0.25, 0.3) is 11.0 Å². The molecule has 7 nitrogen and oxygen atoms in total. The quantitative estimate of drug-likeness (QED) is 0.754. The Morgan fingerprint density at radius 2 is 2.24 bits per heavy atom. The third-order valence-corrected chi connectivity index (χ3v) is 3.99. The van der Waals surface area contributed by atoms with Gasteiger partial charge >= 0.3 is 0 Å². The molecule has 0 unspecified atom stereocenters. The van der Waals surface area contributed by atoms with E-state index in [0.29, 0.717) is 23.5 Å². The van der Waals surface area contributed by atoms with Crippen molar-refractivity contribution in [1.82, 2.24) is 25.9 Å². The summed E-state index contributed by atoms with van der Waals surface area (Å²) in [5, 5.41) is 17.9. The standard InChI is InChI=1S/C14H13N5O2/c20-12(10-7-21-11-4-2-1-3-9(10)11)15-8-14(5-6-14)13-16-18-19-17-13/h1-4,7H,5-6,8H2,(H,15,20)(H,16,17,18,19). The lowest BCUT2D eigenvalue weighted by Crippen LogP contribution is -2.32. The molecule has 21 heavy (non-hydrogen) atoms. The predicted octanol–water partition coefficient (Wildman–Crippen LogP) is 1.41. The molecule has 106 valence electrons. The summed E-state index contributed by atoms with van der Waals surface area (Å²) in [6.07, 6.45) is 3.41. The summed E-state index contributed by atoms with van der Waals surface area (Å²) in [6, 6.07) is 7.48. The van der Waals surface area contributed by atoms with Crippen LogP contribution in [0.15, 0.2) is 34.9 Å². The maximum Gasteiger partial charge on any atom is 0.255 e. The first-order valence-corrected chi connectivity index (χ1v) is 6.77. The van der Waals surface area contributed by atoms with Crippen LogP contribution >= 0.6 is 0 Å². The number of tetrazole rings is 1. The van der Waals surface area contributed by atoms with Crippen molar-refractivity contribution in [1.29, 1.82) is 0 Å². The summed E-state index contributed by atoms with van der Waals surface area (Å²) in [5.41, 5.74) is 1.10. The average Bonchev–Trinajstić information content (AvgIpc) is 2.94. The van der Waals surface area contributed by atoms with Crippen LogP contribution in [-0.4, -0.2) is 33.1 Å². The summed E-state index contributed by atoms with van der Waals surface area (Å²) < 4.78 is 5.39. The zero-order chi connectivity index (χ0) is 14.3. The van der Waals surface area contributed by atoms with E-state index in [1.807, 2.05) is 24.3 Å². The summed E-state index contributed by atoms with van der Waals surface area (Å²) >= 11 is 0. The number of nitrogens with zero attached hydrogens (tertiary/aromatic N) is 3. The van der Waals surface area contributed by atoms with Crippen LogP contribution < -0.4 is 5.32 Å². The molecule has 0 atom stereocenters. The van der Waals surface area contributed by atoms with Gasteiger partial charge in [0, 0.05) is 11.9 Å². The molecule has 0 radical (unpaired) electrons. The Hall–Kier alpha value is -2.70. The van der Waals surface area contributed by atoms with Gasteiger partial charge < -0.3 is 9.73 Å². The maximum atomic E-state index is 12.3. The number of rotatable bonds is 4. The fourth-order valence-electron chi connectivity index (χ4n) is 2.52. The third kappa shape index (κ3) is 1.97. The first-order valence-electron chi connectivity index (χ1n) is 6.77. The van der Waals surface area contributed by atoms with Crippen LogP contribution in [-0.2, 0) is 5.41 Å². The van der Waals surface area contributed by atoms with Crippen molar-refractivity contribution in [2.75, 3.05) is 6.54 Å². The molecule has 7 heteroatoms. The number of para-hydroxylation sites is 1. The summed E-state index contributed by atoms with van der Waals surface area (Å²) in [7, 11) is 0. The molecule has 1 amide bonds. The highest BCUT2D eigenvalue weighted by Gasteiger charge is 2.48. The lowest BCUT2D eigenvalue weighted by atomic mass is 10.1. The van der Waals surface area contributed by atoms with E-state index in [4.69, 9.17) is 4.42 Å². The normalized spacial score (nSPS) is 16.0. The number of benzene rings is 1. The molecule has 2 aromatic heterocycles. The van der Waals surface area contributed by atoms with Crippen molar-refractivity contribution < 1.29 is 9.21 Å². The highest BCUT2D eigenvalue weighted by Crippen LogP contribution is 2.45. The van der Waals surface area contributed by atoms with E-state index in [9.17, 15) is 4.79 Å². The molecular weight excluding hydrogens is 270 g/mol. The molecular formula is C14H13N5O2. The van der Waals surface area contributed by atoms with Crippen LogP contribution in [0.3, 0.4) is 0 Å². The van der Waals surface area contributed by atoms with Gasteiger partial charge in [0.1, 0.15) is 11.8 Å². The highest BCUT2D eigenvalue weighted by molar-refractivity contribution is 6.05. The molecule has 0 saturated heterocycles. The number of hydrogen-bond acceptors (Lipinski definition) is 5. The van der Waals surface area contributed by atoms with Gasteiger partial charge in [-0.05, 0) is 18.9 Å². The number of H-pyrrole nitrogens is 1. The van der Waals surface area contributed by atoms with Crippen LogP contribution in [0.4, 0.5) is 0 Å². The summed E-state index contributed by atoms with van der Waals surface area (Å²) in [5.74, 6) is 0.523. The molecule has 2 N–H and O–H groups in total. The number of carbonyl (C=O) groups excluding carboxylic acids is 1. The second kappa shape index (κ2) is 4.41. The molecule has 1 saturated carbocycles. The predicted molar refractivity (Wildman–Crippen MR) is 73.6 cm³/mol. The van der Waals surface area contributed by atoms with E-state index in [2.05, 4.69) is 25.9 Å². The van der Waals surface area contributed by atoms with Gasteiger partial charge in [0.25, 0.3) is 5.91 Å². The molecule has 1 aliphatic rings. The van der Waals surface area contributed by atoms with Crippen molar-refractivity contribution in [3.05, 3.63) is 41.9 Å². The Kier molecular flexibility index (Phi) is 2.53. The van der Waals surface area contributed by atoms with Gasteiger partial charge in [-0.1, -0.05) is 23.4 Å². The number of aromatic amines is 1. The van der Waals surface area contributed by atoms with Gasteiger partial charge in [-0.25, -0.2) is 0 Å².